The third-order valence-electron chi connectivity index (χ3n) is 3.92. The first-order chi connectivity index (χ1) is 9.11. The largest absolute Gasteiger partial charge is 0.337 e. The van der Waals surface area contributed by atoms with Gasteiger partial charge in [-0.15, -0.1) is 12.4 Å². The molecule has 1 aromatic rings. The smallest absolute Gasteiger partial charge is 0.254 e. The summed E-state index contributed by atoms with van der Waals surface area (Å²) in [6.07, 6.45) is 3.41. The van der Waals surface area contributed by atoms with Crippen LogP contribution in [0.25, 0.3) is 0 Å². The Hall–Kier alpha value is -0.480. The van der Waals surface area contributed by atoms with Crippen LogP contribution in [0.15, 0.2) is 18.2 Å². The number of nitrogens with one attached hydrogen (secondary N) is 1. The van der Waals surface area contributed by atoms with E-state index in [1.165, 1.54) is 6.42 Å². The molecule has 0 saturated carbocycles. The van der Waals surface area contributed by atoms with Crippen LogP contribution < -0.4 is 5.32 Å². The summed E-state index contributed by atoms with van der Waals surface area (Å²) < 4.78 is 0. The van der Waals surface area contributed by atoms with Gasteiger partial charge in [0.2, 0.25) is 0 Å². The zero-order valence-corrected chi connectivity index (χ0v) is 13.3. The van der Waals surface area contributed by atoms with Gasteiger partial charge in [0.05, 0.1) is 0 Å². The van der Waals surface area contributed by atoms with Crippen LogP contribution in [0, 0.1) is 0 Å². The summed E-state index contributed by atoms with van der Waals surface area (Å²) in [7, 11) is 0. The van der Waals surface area contributed by atoms with Crippen molar-refractivity contribution in [1.82, 2.24) is 10.2 Å². The van der Waals surface area contributed by atoms with Crippen LogP contribution in [0.1, 0.15) is 29.6 Å². The highest BCUT2D eigenvalue weighted by molar-refractivity contribution is 6.35. The Bertz CT molecular complexity index is 489. The second kappa shape index (κ2) is 6.52. The van der Waals surface area contributed by atoms with Gasteiger partial charge in [0.25, 0.3) is 5.91 Å². The zero-order valence-electron chi connectivity index (χ0n) is 10.9. The van der Waals surface area contributed by atoms with E-state index in [1.54, 1.807) is 18.2 Å². The van der Waals surface area contributed by atoms with E-state index in [2.05, 4.69) is 5.32 Å². The maximum atomic E-state index is 12.5. The Morgan fingerprint density at radius 3 is 2.45 bits per heavy atom. The normalized spacial score (nSPS) is 25.0. The Morgan fingerprint density at radius 1 is 1.10 bits per heavy atom. The molecule has 2 bridgehead atoms. The number of likely N-dealkylation sites (tertiary alicyclic amines) is 1. The number of halogens is 3. The first-order valence-electron chi connectivity index (χ1n) is 6.63. The molecule has 2 fully saturated rings. The molecular formula is C14H17Cl3N2O. The third-order valence-corrected chi connectivity index (χ3v) is 4.36. The van der Waals surface area contributed by atoms with Gasteiger partial charge in [-0.25, -0.2) is 0 Å². The molecule has 0 aromatic heterocycles. The Labute approximate surface area is 135 Å². The fourth-order valence-corrected chi connectivity index (χ4v) is 3.51. The molecular weight excluding hydrogens is 319 g/mol. The highest BCUT2D eigenvalue weighted by Gasteiger charge is 2.31. The molecule has 0 spiro atoms. The van der Waals surface area contributed by atoms with E-state index in [-0.39, 0.29) is 18.3 Å². The van der Waals surface area contributed by atoms with Crippen LogP contribution in [0.5, 0.6) is 0 Å². The van der Waals surface area contributed by atoms with Gasteiger partial charge >= 0.3 is 0 Å². The van der Waals surface area contributed by atoms with Crippen LogP contribution in [-0.2, 0) is 0 Å². The lowest BCUT2D eigenvalue weighted by Crippen LogP contribution is -2.39. The molecule has 2 saturated heterocycles. The number of nitrogens with zero attached hydrogens (tertiary/aromatic N) is 1. The standard InChI is InChI=1S/C14H16Cl2N2O.ClH/c15-10-5-9(6-11(16)7-10)14(19)18-4-3-12-1-2-13(8-18)17-12;/h5-7,12-13,17H,1-4,8H2;1H. The fourth-order valence-electron chi connectivity index (χ4n) is 2.99. The van der Waals surface area contributed by atoms with Gasteiger partial charge in [0, 0.05) is 40.8 Å². The molecule has 0 aliphatic carbocycles. The summed E-state index contributed by atoms with van der Waals surface area (Å²) >= 11 is 11.9. The molecule has 20 heavy (non-hydrogen) atoms. The van der Waals surface area contributed by atoms with E-state index in [0.717, 1.165) is 25.9 Å². The first-order valence-corrected chi connectivity index (χ1v) is 7.39. The molecule has 3 rings (SSSR count). The van der Waals surface area contributed by atoms with Crippen molar-refractivity contribution in [2.45, 2.75) is 31.3 Å². The van der Waals surface area contributed by atoms with Gasteiger partial charge in [-0.1, -0.05) is 23.2 Å². The molecule has 1 amide bonds. The number of carbonyl (C=O) groups is 1. The summed E-state index contributed by atoms with van der Waals surface area (Å²) in [5, 5.41) is 4.58. The number of carbonyl (C=O) groups excluding carboxylic acids is 1. The lowest BCUT2D eigenvalue weighted by molar-refractivity contribution is 0.0748. The Morgan fingerprint density at radius 2 is 1.75 bits per heavy atom. The van der Waals surface area contributed by atoms with Gasteiger partial charge in [-0.3, -0.25) is 4.79 Å². The van der Waals surface area contributed by atoms with Crippen LogP contribution in [-0.4, -0.2) is 36.0 Å². The number of amides is 1. The van der Waals surface area contributed by atoms with Crippen molar-refractivity contribution in [3.05, 3.63) is 33.8 Å². The van der Waals surface area contributed by atoms with E-state index in [4.69, 9.17) is 23.2 Å². The molecule has 2 aliphatic rings. The van der Waals surface area contributed by atoms with Crippen LogP contribution in [0.4, 0.5) is 0 Å². The van der Waals surface area contributed by atoms with Crippen molar-refractivity contribution >= 4 is 41.5 Å². The van der Waals surface area contributed by atoms with Crippen LogP contribution in [0.2, 0.25) is 10.0 Å². The number of rotatable bonds is 1. The average Bonchev–Trinajstić information content (AvgIpc) is 2.67. The molecule has 0 radical (unpaired) electrons. The summed E-state index contributed by atoms with van der Waals surface area (Å²) in [4.78, 5) is 14.4. The van der Waals surface area contributed by atoms with Gasteiger partial charge in [0.1, 0.15) is 0 Å². The van der Waals surface area contributed by atoms with Crippen molar-refractivity contribution in [2.24, 2.45) is 0 Å². The SMILES string of the molecule is Cl.O=C(c1cc(Cl)cc(Cl)c1)N1CCC2CCC(C1)N2. The van der Waals surface area contributed by atoms with E-state index in [9.17, 15) is 4.79 Å². The first kappa shape index (κ1) is 15.9. The van der Waals surface area contributed by atoms with E-state index in [0.29, 0.717) is 27.7 Å². The highest BCUT2D eigenvalue weighted by Crippen LogP contribution is 2.24. The van der Waals surface area contributed by atoms with E-state index < -0.39 is 0 Å². The van der Waals surface area contributed by atoms with Crippen molar-refractivity contribution in [3.63, 3.8) is 0 Å². The van der Waals surface area contributed by atoms with E-state index in [1.807, 2.05) is 4.90 Å². The molecule has 110 valence electrons. The minimum Gasteiger partial charge on any atom is -0.337 e. The number of benzene rings is 1. The number of fused-ring (bicyclic) bond motifs is 2. The Balaban J connectivity index is 0.00000147. The minimum atomic E-state index is 0. The summed E-state index contributed by atoms with van der Waals surface area (Å²) in [6, 6.07) is 6.03. The van der Waals surface area contributed by atoms with Crippen molar-refractivity contribution in [1.29, 1.82) is 0 Å². The van der Waals surface area contributed by atoms with Gasteiger partial charge in [-0.2, -0.15) is 0 Å². The monoisotopic (exact) mass is 334 g/mol. The summed E-state index contributed by atoms with van der Waals surface area (Å²) in [6.45, 7) is 1.58. The van der Waals surface area contributed by atoms with Crippen LogP contribution >= 0.6 is 35.6 Å². The summed E-state index contributed by atoms with van der Waals surface area (Å²) in [5.74, 6) is 0.0266. The third kappa shape index (κ3) is 3.40. The molecule has 2 heterocycles. The average molecular weight is 336 g/mol. The quantitative estimate of drug-likeness (QED) is 0.853. The predicted molar refractivity (Wildman–Crippen MR) is 84.2 cm³/mol. The highest BCUT2D eigenvalue weighted by atomic mass is 35.5. The van der Waals surface area contributed by atoms with Gasteiger partial charge < -0.3 is 10.2 Å². The number of hydrogen-bond donors (Lipinski definition) is 1. The predicted octanol–water partition coefficient (Wildman–Crippen LogP) is 3.38. The molecule has 2 atom stereocenters. The topological polar surface area (TPSA) is 32.3 Å². The molecule has 1 aromatic carbocycles. The van der Waals surface area contributed by atoms with Crippen molar-refractivity contribution in [3.8, 4) is 0 Å². The maximum absolute atomic E-state index is 12.5. The lowest BCUT2D eigenvalue weighted by atomic mass is 10.1. The second-order valence-corrected chi connectivity index (χ2v) is 6.21. The van der Waals surface area contributed by atoms with Crippen LogP contribution in [0.3, 0.4) is 0 Å². The zero-order chi connectivity index (χ0) is 13.4. The second-order valence-electron chi connectivity index (χ2n) is 5.34. The molecule has 2 unspecified atom stereocenters. The lowest BCUT2D eigenvalue weighted by Gasteiger charge is -2.24. The minimum absolute atomic E-state index is 0. The van der Waals surface area contributed by atoms with Crippen molar-refractivity contribution < 1.29 is 4.79 Å². The molecule has 6 heteroatoms. The van der Waals surface area contributed by atoms with Gasteiger partial charge in [-0.05, 0) is 37.5 Å². The fraction of sp³-hybridized carbons (Fsp3) is 0.500. The van der Waals surface area contributed by atoms with E-state index >= 15 is 0 Å². The molecule has 2 aliphatic heterocycles. The maximum Gasteiger partial charge on any atom is 0.254 e. The van der Waals surface area contributed by atoms with Crippen molar-refractivity contribution in [2.75, 3.05) is 13.1 Å². The molecule has 1 N–H and O–H groups in total. The van der Waals surface area contributed by atoms with Gasteiger partial charge in [0.15, 0.2) is 0 Å². The number of hydrogen-bond acceptors (Lipinski definition) is 2. The molecule has 3 nitrogen and oxygen atoms in total. The summed E-state index contributed by atoms with van der Waals surface area (Å²) in [5.41, 5.74) is 0.579. The Kier molecular flexibility index (Phi) is 5.19.